The van der Waals surface area contributed by atoms with E-state index < -0.39 is 5.60 Å². The standard InChI is InChI=1S/C24H26N4OS/c1-15-10-19(11-16(2)26-15)22-21(18-7-5-6-17(12-18)13-25)27-23(30-22)28-9-8-20(14-28)24(3,4)29/h5-7,10-12,20,29H,8-9,14H2,1-4H3/t20-/m1/s1. The highest BCUT2D eigenvalue weighted by molar-refractivity contribution is 7.19. The lowest BCUT2D eigenvalue weighted by Gasteiger charge is -2.25. The number of aryl methyl sites for hydroxylation is 2. The molecule has 1 saturated heterocycles. The van der Waals surface area contributed by atoms with Gasteiger partial charge in [0.25, 0.3) is 0 Å². The quantitative estimate of drug-likeness (QED) is 0.648. The fourth-order valence-corrected chi connectivity index (χ4v) is 5.16. The SMILES string of the molecule is Cc1cc(-c2sc(N3CC[C@@H](C(C)(C)O)C3)nc2-c2cccc(C#N)c2)cc(C)n1. The van der Waals surface area contributed by atoms with Crippen LogP contribution >= 0.6 is 11.3 Å². The predicted octanol–water partition coefficient (Wildman–Crippen LogP) is 4.96. The van der Waals surface area contributed by atoms with Gasteiger partial charge >= 0.3 is 0 Å². The molecule has 1 aromatic carbocycles. The molecule has 30 heavy (non-hydrogen) atoms. The summed E-state index contributed by atoms with van der Waals surface area (Å²) in [6, 6.07) is 14.0. The summed E-state index contributed by atoms with van der Waals surface area (Å²) in [6.45, 7) is 9.45. The Bertz CT molecular complexity index is 1100. The van der Waals surface area contributed by atoms with Crippen LogP contribution in [0.3, 0.4) is 0 Å². The van der Waals surface area contributed by atoms with Crippen LogP contribution in [0.2, 0.25) is 0 Å². The van der Waals surface area contributed by atoms with Crippen molar-refractivity contribution >= 4 is 16.5 Å². The van der Waals surface area contributed by atoms with Gasteiger partial charge in [-0.2, -0.15) is 5.26 Å². The van der Waals surface area contributed by atoms with E-state index in [0.29, 0.717) is 5.56 Å². The number of hydrogen-bond acceptors (Lipinski definition) is 6. The normalized spacial score (nSPS) is 16.7. The maximum atomic E-state index is 10.4. The Balaban J connectivity index is 1.81. The van der Waals surface area contributed by atoms with Crippen LogP contribution in [0.1, 0.15) is 37.2 Å². The molecular weight excluding hydrogens is 392 g/mol. The van der Waals surface area contributed by atoms with Crippen LogP contribution in [0.4, 0.5) is 5.13 Å². The van der Waals surface area contributed by atoms with Crippen LogP contribution in [0.5, 0.6) is 0 Å². The van der Waals surface area contributed by atoms with Crippen LogP contribution in [0.15, 0.2) is 36.4 Å². The summed E-state index contributed by atoms with van der Waals surface area (Å²) in [4.78, 5) is 12.9. The first-order valence-electron chi connectivity index (χ1n) is 10.2. The van der Waals surface area contributed by atoms with Gasteiger partial charge in [-0.3, -0.25) is 4.98 Å². The molecule has 0 amide bonds. The molecule has 5 nitrogen and oxygen atoms in total. The number of nitrogens with zero attached hydrogens (tertiary/aromatic N) is 4. The molecule has 0 radical (unpaired) electrons. The summed E-state index contributed by atoms with van der Waals surface area (Å²) in [5.41, 5.74) is 4.80. The number of rotatable bonds is 4. The number of aliphatic hydroxyl groups is 1. The Labute approximate surface area is 181 Å². The van der Waals surface area contributed by atoms with Crippen LogP contribution in [0.25, 0.3) is 21.7 Å². The molecule has 0 bridgehead atoms. The summed E-state index contributed by atoms with van der Waals surface area (Å²) in [7, 11) is 0. The van der Waals surface area contributed by atoms with Gasteiger partial charge in [0.05, 0.1) is 27.8 Å². The largest absolute Gasteiger partial charge is 0.390 e. The molecule has 1 N–H and O–H groups in total. The summed E-state index contributed by atoms with van der Waals surface area (Å²) in [5, 5.41) is 20.7. The number of anilines is 1. The van der Waals surface area contributed by atoms with Gasteiger partial charge < -0.3 is 10.0 Å². The van der Waals surface area contributed by atoms with Crippen molar-refractivity contribution < 1.29 is 5.11 Å². The van der Waals surface area contributed by atoms with Crippen molar-refractivity contribution in [3.8, 4) is 27.8 Å². The second kappa shape index (κ2) is 7.82. The Morgan fingerprint density at radius 2 is 1.87 bits per heavy atom. The lowest BCUT2D eigenvalue weighted by Crippen LogP contribution is -2.33. The van der Waals surface area contributed by atoms with Gasteiger partial charge in [0.2, 0.25) is 0 Å². The first-order valence-corrected chi connectivity index (χ1v) is 11.0. The number of hydrogen-bond donors (Lipinski definition) is 1. The zero-order valence-corrected chi connectivity index (χ0v) is 18.6. The number of thiazole rings is 1. The van der Waals surface area contributed by atoms with Crippen molar-refractivity contribution in [2.75, 3.05) is 18.0 Å². The van der Waals surface area contributed by atoms with Crippen molar-refractivity contribution in [1.29, 1.82) is 5.26 Å². The second-order valence-electron chi connectivity index (χ2n) is 8.59. The summed E-state index contributed by atoms with van der Waals surface area (Å²) in [5.74, 6) is 0.223. The Morgan fingerprint density at radius 1 is 1.13 bits per heavy atom. The minimum Gasteiger partial charge on any atom is -0.390 e. The number of benzene rings is 1. The topological polar surface area (TPSA) is 73.0 Å². The number of aromatic nitrogens is 2. The molecule has 4 rings (SSSR count). The first-order chi connectivity index (χ1) is 14.2. The highest BCUT2D eigenvalue weighted by Crippen LogP contribution is 2.42. The van der Waals surface area contributed by atoms with Crippen molar-refractivity contribution in [3.05, 3.63) is 53.3 Å². The van der Waals surface area contributed by atoms with E-state index >= 15 is 0 Å². The fraction of sp³-hybridized carbons (Fsp3) is 0.375. The second-order valence-corrected chi connectivity index (χ2v) is 9.57. The van der Waals surface area contributed by atoms with E-state index in [9.17, 15) is 10.4 Å². The van der Waals surface area contributed by atoms with E-state index in [4.69, 9.17) is 4.98 Å². The predicted molar refractivity (Wildman–Crippen MR) is 122 cm³/mol. The van der Waals surface area contributed by atoms with Crippen LogP contribution in [-0.4, -0.2) is 33.8 Å². The summed E-state index contributed by atoms with van der Waals surface area (Å²) < 4.78 is 0. The molecule has 0 unspecified atom stereocenters. The Morgan fingerprint density at radius 3 is 2.50 bits per heavy atom. The van der Waals surface area contributed by atoms with Crippen LogP contribution in [0, 0.1) is 31.1 Å². The fourth-order valence-electron chi connectivity index (χ4n) is 4.05. The van der Waals surface area contributed by atoms with E-state index in [1.807, 2.05) is 52.0 Å². The van der Waals surface area contributed by atoms with E-state index in [2.05, 4.69) is 28.1 Å². The molecule has 1 aliphatic heterocycles. The first kappa shape index (κ1) is 20.5. The Kier molecular flexibility index (Phi) is 5.35. The maximum Gasteiger partial charge on any atom is 0.186 e. The van der Waals surface area contributed by atoms with Crippen molar-refractivity contribution in [1.82, 2.24) is 9.97 Å². The zero-order chi connectivity index (χ0) is 21.5. The third-order valence-corrected chi connectivity index (χ3v) is 6.85. The molecular formula is C24H26N4OS. The van der Waals surface area contributed by atoms with E-state index in [1.165, 1.54) is 0 Å². The molecule has 154 valence electrons. The molecule has 0 spiro atoms. The van der Waals surface area contributed by atoms with Gasteiger partial charge in [-0.25, -0.2) is 4.98 Å². The molecule has 0 saturated carbocycles. The van der Waals surface area contributed by atoms with Gasteiger partial charge in [0.15, 0.2) is 5.13 Å². The van der Waals surface area contributed by atoms with Crippen LogP contribution < -0.4 is 4.90 Å². The molecule has 2 aromatic heterocycles. The van der Waals surface area contributed by atoms with Gasteiger partial charge in [0.1, 0.15) is 0 Å². The van der Waals surface area contributed by atoms with E-state index in [1.54, 1.807) is 11.3 Å². The maximum absolute atomic E-state index is 10.4. The van der Waals surface area contributed by atoms with Gasteiger partial charge in [0, 0.05) is 36.0 Å². The highest BCUT2D eigenvalue weighted by atomic mass is 32.1. The average Bonchev–Trinajstić information content (AvgIpc) is 3.34. The smallest absolute Gasteiger partial charge is 0.186 e. The lowest BCUT2D eigenvalue weighted by molar-refractivity contribution is 0.0263. The molecule has 3 heterocycles. The minimum atomic E-state index is -0.696. The monoisotopic (exact) mass is 418 g/mol. The highest BCUT2D eigenvalue weighted by Gasteiger charge is 2.35. The molecule has 0 aliphatic carbocycles. The number of nitriles is 1. The van der Waals surface area contributed by atoms with Crippen molar-refractivity contribution in [2.45, 2.75) is 39.7 Å². The van der Waals surface area contributed by atoms with Gasteiger partial charge in [-0.15, -0.1) is 0 Å². The molecule has 1 fully saturated rings. The zero-order valence-electron chi connectivity index (χ0n) is 17.8. The number of pyridine rings is 1. The molecule has 6 heteroatoms. The molecule has 1 atom stereocenters. The summed E-state index contributed by atoms with van der Waals surface area (Å²) in [6.07, 6.45) is 0.950. The third-order valence-electron chi connectivity index (χ3n) is 5.68. The van der Waals surface area contributed by atoms with Crippen LogP contribution in [-0.2, 0) is 0 Å². The average molecular weight is 419 g/mol. The van der Waals surface area contributed by atoms with Gasteiger partial charge in [-0.05, 0) is 63.9 Å². The van der Waals surface area contributed by atoms with E-state index in [-0.39, 0.29) is 5.92 Å². The van der Waals surface area contributed by atoms with Gasteiger partial charge in [-0.1, -0.05) is 23.5 Å². The molecule has 1 aliphatic rings. The van der Waals surface area contributed by atoms with Crippen molar-refractivity contribution in [2.24, 2.45) is 5.92 Å². The third kappa shape index (κ3) is 4.09. The van der Waals surface area contributed by atoms with E-state index in [0.717, 1.165) is 57.7 Å². The molecule has 3 aromatic rings. The Hall–Kier alpha value is -2.75. The minimum absolute atomic E-state index is 0.223. The van der Waals surface area contributed by atoms with Crippen molar-refractivity contribution in [3.63, 3.8) is 0 Å². The lowest BCUT2D eigenvalue weighted by atomic mass is 9.91. The summed E-state index contributed by atoms with van der Waals surface area (Å²) >= 11 is 1.67.